The number of carbonyl (C=O) groups is 3. The first-order chi connectivity index (χ1) is 11.3. The number of hydrogen-bond acceptors (Lipinski definition) is 3. The van der Waals surface area contributed by atoms with E-state index in [9.17, 15) is 27.6 Å². The Kier molecular flexibility index (Phi) is 4.31. The van der Waals surface area contributed by atoms with Crippen molar-refractivity contribution in [1.82, 2.24) is 20.0 Å². The Bertz CT molecular complexity index is 548. The molecule has 7 nitrogen and oxygen atoms in total. The van der Waals surface area contributed by atoms with Gasteiger partial charge in [-0.2, -0.15) is 13.2 Å². The second-order valence-corrected chi connectivity index (χ2v) is 6.39. The van der Waals surface area contributed by atoms with Crippen LogP contribution >= 0.6 is 0 Å². The van der Waals surface area contributed by atoms with Gasteiger partial charge in [-0.05, 0) is 12.8 Å². The molecule has 0 saturated carbocycles. The average molecular weight is 348 g/mol. The van der Waals surface area contributed by atoms with Crippen LogP contribution < -0.4 is 5.32 Å². The maximum atomic E-state index is 12.5. The molecule has 0 spiro atoms. The van der Waals surface area contributed by atoms with Crippen LogP contribution in [0.25, 0.3) is 0 Å². The quantitative estimate of drug-likeness (QED) is 0.731. The Labute approximate surface area is 136 Å². The number of amides is 4. The maximum absolute atomic E-state index is 12.5. The normalized spacial score (nSPS) is 25.8. The lowest BCUT2D eigenvalue weighted by Crippen LogP contribution is -2.64. The number of hydrogen-bond donors (Lipinski definition) is 1. The third kappa shape index (κ3) is 3.27. The summed E-state index contributed by atoms with van der Waals surface area (Å²) in [5.74, 6) is -2.21. The highest BCUT2D eigenvalue weighted by Crippen LogP contribution is 2.27. The fourth-order valence-corrected chi connectivity index (χ4v) is 3.43. The predicted molar refractivity (Wildman–Crippen MR) is 75.8 cm³/mol. The SMILES string of the molecule is O=C(C1CCCN(CC(F)(F)F)C1=O)N1CC(N2CCNC2=O)C1. The topological polar surface area (TPSA) is 73.0 Å². The molecule has 1 N–H and O–H groups in total. The number of likely N-dealkylation sites (tertiary alicyclic amines) is 2. The molecule has 3 heterocycles. The van der Waals surface area contributed by atoms with E-state index >= 15 is 0 Å². The fraction of sp³-hybridized carbons (Fsp3) is 0.786. The van der Waals surface area contributed by atoms with Gasteiger partial charge >= 0.3 is 12.2 Å². The molecule has 4 amide bonds. The molecule has 0 aromatic rings. The Morgan fingerprint density at radius 2 is 1.92 bits per heavy atom. The molecule has 134 valence electrons. The third-order valence-corrected chi connectivity index (χ3v) is 4.70. The van der Waals surface area contributed by atoms with E-state index in [-0.39, 0.29) is 25.0 Å². The van der Waals surface area contributed by atoms with Crippen molar-refractivity contribution >= 4 is 17.8 Å². The molecule has 0 aliphatic carbocycles. The van der Waals surface area contributed by atoms with Crippen LogP contribution in [0.5, 0.6) is 0 Å². The van der Waals surface area contributed by atoms with Crippen LogP contribution in [0.15, 0.2) is 0 Å². The van der Waals surface area contributed by atoms with E-state index in [2.05, 4.69) is 5.32 Å². The third-order valence-electron chi connectivity index (χ3n) is 4.70. The lowest BCUT2D eigenvalue weighted by molar-refractivity contribution is -0.171. The summed E-state index contributed by atoms with van der Waals surface area (Å²) >= 11 is 0. The summed E-state index contributed by atoms with van der Waals surface area (Å²) < 4.78 is 37.5. The highest BCUT2D eigenvalue weighted by atomic mass is 19.4. The smallest absolute Gasteiger partial charge is 0.338 e. The molecule has 24 heavy (non-hydrogen) atoms. The Morgan fingerprint density at radius 3 is 2.50 bits per heavy atom. The summed E-state index contributed by atoms with van der Waals surface area (Å²) in [7, 11) is 0. The summed E-state index contributed by atoms with van der Waals surface area (Å²) in [6.45, 7) is 0.513. The minimum Gasteiger partial charge on any atom is -0.338 e. The molecule has 10 heteroatoms. The maximum Gasteiger partial charge on any atom is 0.406 e. The highest BCUT2D eigenvalue weighted by molar-refractivity contribution is 6.01. The van der Waals surface area contributed by atoms with Crippen molar-refractivity contribution in [2.45, 2.75) is 25.1 Å². The summed E-state index contributed by atoms with van der Waals surface area (Å²) in [6, 6.07) is -0.251. The van der Waals surface area contributed by atoms with Crippen LogP contribution in [-0.2, 0) is 9.59 Å². The number of nitrogens with one attached hydrogen (secondary N) is 1. The standard InChI is InChI=1S/C14H19F3N4O3/c15-14(16,17)8-19-4-1-2-10(11(19)22)12(23)20-6-9(7-20)21-5-3-18-13(21)24/h9-10H,1-8H2,(H,18,24). The average Bonchev–Trinajstić information content (AvgIpc) is 2.84. The summed E-state index contributed by atoms with van der Waals surface area (Å²) in [4.78, 5) is 40.0. The van der Waals surface area contributed by atoms with Gasteiger partial charge in [-0.1, -0.05) is 0 Å². The zero-order valence-electron chi connectivity index (χ0n) is 13.0. The first-order valence-electron chi connectivity index (χ1n) is 7.95. The summed E-state index contributed by atoms with van der Waals surface area (Å²) in [5, 5.41) is 2.68. The molecule has 3 saturated heterocycles. The minimum absolute atomic E-state index is 0.0265. The van der Waals surface area contributed by atoms with Crippen LogP contribution in [0.2, 0.25) is 0 Å². The molecule has 1 unspecified atom stereocenters. The molecule has 0 radical (unpaired) electrons. The predicted octanol–water partition coefficient (Wildman–Crippen LogP) is 0.0233. The molecule has 3 fully saturated rings. The number of piperidine rings is 1. The Balaban J connectivity index is 1.55. The zero-order valence-corrected chi connectivity index (χ0v) is 13.0. The monoisotopic (exact) mass is 348 g/mol. The van der Waals surface area contributed by atoms with Gasteiger partial charge in [0.05, 0.1) is 6.04 Å². The number of rotatable bonds is 3. The minimum atomic E-state index is -4.47. The van der Waals surface area contributed by atoms with Crippen LogP contribution in [-0.4, -0.2) is 84.0 Å². The molecule has 0 aromatic heterocycles. The van der Waals surface area contributed by atoms with E-state index in [1.165, 1.54) is 4.90 Å². The van der Waals surface area contributed by atoms with Gasteiger partial charge in [-0.25, -0.2) is 4.79 Å². The molecule has 1 atom stereocenters. The van der Waals surface area contributed by atoms with E-state index in [4.69, 9.17) is 0 Å². The molecule has 3 aliphatic heterocycles. The first kappa shape index (κ1) is 16.8. The van der Waals surface area contributed by atoms with Crippen molar-refractivity contribution in [1.29, 1.82) is 0 Å². The van der Waals surface area contributed by atoms with Gasteiger partial charge in [0, 0.05) is 32.7 Å². The molecule has 0 aromatic carbocycles. The second kappa shape index (κ2) is 6.14. The van der Waals surface area contributed by atoms with Crippen molar-refractivity contribution in [3.8, 4) is 0 Å². The highest BCUT2D eigenvalue weighted by Gasteiger charge is 2.45. The molecular formula is C14H19F3N4O3. The Hall–Kier alpha value is -2.00. The van der Waals surface area contributed by atoms with E-state index in [0.717, 1.165) is 4.90 Å². The van der Waals surface area contributed by atoms with Gasteiger partial charge in [0.1, 0.15) is 12.5 Å². The van der Waals surface area contributed by atoms with Crippen LogP contribution in [0.4, 0.5) is 18.0 Å². The van der Waals surface area contributed by atoms with Crippen molar-refractivity contribution in [3.05, 3.63) is 0 Å². The fourth-order valence-electron chi connectivity index (χ4n) is 3.43. The first-order valence-corrected chi connectivity index (χ1v) is 7.95. The van der Waals surface area contributed by atoms with Crippen molar-refractivity contribution < 1.29 is 27.6 Å². The lowest BCUT2D eigenvalue weighted by Gasteiger charge is -2.45. The van der Waals surface area contributed by atoms with E-state index in [1.54, 1.807) is 4.90 Å². The molecule has 0 bridgehead atoms. The van der Waals surface area contributed by atoms with Crippen LogP contribution in [0.1, 0.15) is 12.8 Å². The summed E-state index contributed by atoms with van der Waals surface area (Å²) in [5.41, 5.74) is 0. The number of alkyl halides is 3. The Morgan fingerprint density at radius 1 is 1.21 bits per heavy atom. The number of halogens is 3. The number of urea groups is 1. The summed E-state index contributed by atoms with van der Waals surface area (Å²) in [6.07, 6.45) is -3.81. The van der Waals surface area contributed by atoms with Crippen molar-refractivity contribution in [2.24, 2.45) is 5.92 Å². The van der Waals surface area contributed by atoms with Gasteiger partial charge in [0.25, 0.3) is 0 Å². The van der Waals surface area contributed by atoms with Gasteiger partial charge in [0.2, 0.25) is 11.8 Å². The van der Waals surface area contributed by atoms with Crippen molar-refractivity contribution in [2.75, 3.05) is 39.3 Å². The van der Waals surface area contributed by atoms with E-state index in [1.807, 2.05) is 0 Å². The van der Waals surface area contributed by atoms with E-state index in [0.29, 0.717) is 32.6 Å². The number of nitrogens with zero attached hydrogens (tertiary/aromatic N) is 3. The van der Waals surface area contributed by atoms with Crippen molar-refractivity contribution in [3.63, 3.8) is 0 Å². The van der Waals surface area contributed by atoms with Gasteiger partial charge in [-0.15, -0.1) is 0 Å². The molecular weight excluding hydrogens is 329 g/mol. The van der Waals surface area contributed by atoms with E-state index < -0.39 is 30.5 Å². The van der Waals surface area contributed by atoms with Crippen LogP contribution in [0.3, 0.4) is 0 Å². The number of carbonyl (C=O) groups excluding carboxylic acids is 3. The van der Waals surface area contributed by atoms with Gasteiger partial charge < -0.3 is 20.0 Å². The molecule has 3 rings (SSSR count). The van der Waals surface area contributed by atoms with Gasteiger partial charge in [0.15, 0.2) is 0 Å². The lowest BCUT2D eigenvalue weighted by atomic mass is 9.93. The second-order valence-electron chi connectivity index (χ2n) is 6.39. The van der Waals surface area contributed by atoms with Gasteiger partial charge in [-0.3, -0.25) is 9.59 Å². The zero-order chi connectivity index (χ0) is 17.5. The molecule has 3 aliphatic rings. The van der Waals surface area contributed by atoms with Crippen LogP contribution in [0, 0.1) is 5.92 Å². The largest absolute Gasteiger partial charge is 0.406 e.